The van der Waals surface area contributed by atoms with Crippen LogP contribution in [0.2, 0.25) is 0 Å². The molecule has 1 saturated carbocycles. The first-order valence-corrected chi connectivity index (χ1v) is 6.50. The highest BCUT2D eigenvalue weighted by Crippen LogP contribution is 2.45. The van der Waals surface area contributed by atoms with E-state index in [0.717, 1.165) is 32.2 Å². The Labute approximate surface area is 104 Å². The summed E-state index contributed by atoms with van der Waals surface area (Å²) in [6, 6.07) is 8.91. The fourth-order valence-corrected chi connectivity index (χ4v) is 2.21. The summed E-state index contributed by atoms with van der Waals surface area (Å²) < 4.78 is 0. The van der Waals surface area contributed by atoms with E-state index < -0.39 is 0 Å². The van der Waals surface area contributed by atoms with Gasteiger partial charge in [-0.2, -0.15) is 5.26 Å². The molecule has 0 unspecified atom stereocenters. The van der Waals surface area contributed by atoms with E-state index in [2.05, 4.69) is 43.4 Å². The van der Waals surface area contributed by atoms with Crippen molar-refractivity contribution in [3.8, 4) is 6.07 Å². The molecule has 1 fully saturated rings. The third kappa shape index (κ3) is 2.44. The Morgan fingerprint density at radius 2 is 1.82 bits per heavy atom. The summed E-state index contributed by atoms with van der Waals surface area (Å²) in [6.45, 7) is 5.15. The van der Waals surface area contributed by atoms with E-state index in [4.69, 9.17) is 5.26 Å². The van der Waals surface area contributed by atoms with Gasteiger partial charge in [0.25, 0.3) is 0 Å². The minimum Gasteiger partial charge on any atom is -0.383 e. The van der Waals surface area contributed by atoms with Crippen molar-refractivity contribution in [1.29, 1.82) is 5.26 Å². The quantitative estimate of drug-likeness (QED) is 0.837. The van der Waals surface area contributed by atoms with Gasteiger partial charge in [-0.3, -0.25) is 0 Å². The largest absolute Gasteiger partial charge is 0.383 e. The molecule has 0 radical (unpaired) electrons. The number of para-hydroxylation sites is 1. The first-order valence-electron chi connectivity index (χ1n) is 6.50. The van der Waals surface area contributed by atoms with Crippen LogP contribution >= 0.6 is 0 Å². The third-order valence-corrected chi connectivity index (χ3v) is 3.69. The smallest absolute Gasteiger partial charge is 0.0747 e. The normalized spacial score (nSPS) is 16.3. The maximum absolute atomic E-state index is 9.10. The lowest BCUT2D eigenvalue weighted by molar-refractivity contribution is 0.709. The molecule has 2 nitrogen and oxygen atoms in total. The van der Waals surface area contributed by atoms with Crippen LogP contribution in [-0.4, -0.2) is 6.54 Å². The second-order valence-corrected chi connectivity index (χ2v) is 4.90. The van der Waals surface area contributed by atoms with Crippen LogP contribution in [0.5, 0.6) is 0 Å². The van der Waals surface area contributed by atoms with E-state index in [1.54, 1.807) is 0 Å². The zero-order chi connectivity index (χ0) is 12.3. The van der Waals surface area contributed by atoms with Gasteiger partial charge in [0, 0.05) is 12.2 Å². The molecule has 0 amide bonds. The lowest BCUT2D eigenvalue weighted by Gasteiger charge is -2.17. The molecule has 2 heteroatoms. The third-order valence-electron chi connectivity index (χ3n) is 3.69. The van der Waals surface area contributed by atoms with Gasteiger partial charge >= 0.3 is 0 Å². The maximum atomic E-state index is 9.10. The summed E-state index contributed by atoms with van der Waals surface area (Å²) in [5.74, 6) is 0. The molecule has 17 heavy (non-hydrogen) atoms. The van der Waals surface area contributed by atoms with Crippen LogP contribution in [-0.2, 0) is 12.8 Å². The Hall–Kier alpha value is -1.49. The van der Waals surface area contributed by atoms with Crippen LogP contribution in [0.3, 0.4) is 0 Å². The predicted molar refractivity (Wildman–Crippen MR) is 71.0 cm³/mol. The molecule has 1 aliphatic rings. The molecule has 0 heterocycles. The topological polar surface area (TPSA) is 35.8 Å². The minimum atomic E-state index is -0.0775. The number of anilines is 1. The van der Waals surface area contributed by atoms with Crippen molar-refractivity contribution in [2.45, 2.75) is 39.5 Å². The van der Waals surface area contributed by atoms with Crippen molar-refractivity contribution < 1.29 is 0 Å². The highest BCUT2D eigenvalue weighted by Gasteiger charge is 2.42. The molecule has 0 saturated heterocycles. The number of nitriles is 1. The molecule has 0 bridgehead atoms. The second-order valence-electron chi connectivity index (χ2n) is 4.90. The zero-order valence-electron chi connectivity index (χ0n) is 10.7. The number of nitrogens with one attached hydrogen (secondary N) is 1. The maximum Gasteiger partial charge on any atom is 0.0747 e. The second kappa shape index (κ2) is 4.79. The van der Waals surface area contributed by atoms with Crippen molar-refractivity contribution in [1.82, 2.24) is 0 Å². The first-order chi connectivity index (χ1) is 8.24. The standard InChI is InChI=1S/C15H20N2/c1-3-12-6-5-7-13(4-2)14(12)17-11-15(10-16)8-9-15/h5-7,17H,3-4,8-9,11H2,1-2H3. The Morgan fingerprint density at radius 1 is 1.24 bits per heavy atom. The molecule has 2 rings (SSSR count). The monoisotopic (exact) mass is 228 g/mol. The molecule has 90 valence electrons. The van der Waals surface area contributed by atoms with Gasteiger partial charge < -0.3 is 5.32 Å². The van der Waals surface area contributed by atoms with Crippen molar-refractivity contribution in [3.05, 3.63) is 29.3 Å². The molecule has 1 aromatic carbocycles. The van der Waals surface area contributed by atoms with Gasteiger partial charge in [0.05, 0.1) is 11.5 Å². The number of rotatable bonds is 5. The summed E-state index contributed by atoms with van der Waals surface area (Å²) in [6.07, 6.45) is 4.17. The number of hydrogen-bond donors (Lipinski definition) is 1. The highest BCUT2D eigenvalue weighted by molar-refractivity contribution is 5.58. The fourth-order valence-electron chi connectivity index (χ4n) is 2.21. The average Bonchev–Trinajstić information content (AvgIpc) is 3.16. The summed E-state index contributed by atoms with van der Waals surface area (Å²) in [4.78, 5) is 0. The Balaban J connectivity index is 2.16. The van der Waals surface area contributed by atoms with Crippen molar-refractivity contribution >= 4 is 5.69 Å². The van der Waals surface area contributed by atoms with E-state index in [1.807, 2.05) is 0 Å². The van der Waals surface area contributed by atoms with Gasteiger partial charge in [-0.15, -0.1) is 0 Å². The summed E-state index contributed by atoms with van der Waals surface area (Å²) in [5, 5.41) is 12.6. The van der Waals surface area contributed by atoms with Crippen LogP contribution in [0.1, 0.15) is 37.8 Å². The summed E-state index contributed by atoms with van der Waals surface area (Å²) in [5.41, 5.74) is 3.90. The highest BCUT2D eigenvalue weighted by atomic mass is 14.9. The summed E-state index contributed by atoms with van der Waals surface area (Å²) >= 11 is 0. The van der Waals surface area contributed by atoms with E-state index >= 15 is 0 Å². The molecule has 0 aliphatic heterocycles. The van der Waals surface area contributed by atoms with Gasteiger partial charge in [0.2, 0.25) is 0 Å². The van der Waals surface area contributed by atoms with Crippen LogP contribution in [0.4, 0.5) is 5.69 Å². The summed E-state index contributed by atoms with van der Waals surface area (Å²) in [7, 11) is 0. The Bertz CT molecular complexity index is 416. The zero-order valence-corrected chi connectivity index (χ0v) is 10.7. The van der Waals surface area contributed by atoms with Crippen molar-refractivity contribution in [2.75, 3.05) is 11.9 Å². The Kier molecular flexibility index (Phi) is 3.38. The molecule has 1 N–H and O–H groups in total. The number of benzene rings is 1. The number of nitrogens with zero attached hydrogens (tertiary/aromatic N) is 1. The van der Waals surface area contributed by atoms with E-state index in [0.29, 0.717) is 0 Å². The SMILES string of the molecule is CCc1cccc(CC)c1NCC1(C#N)CC1. The van der Waals surface area contributed by atoms with Crippen LogP contribution in [0.15, 0.2) is 18.2 Å². The Morgan fingerprint density at radius 3 is 2.24 bits per heavy atom. The van der Waals surface area contributed by atoms with E-state index in [9.17, 15) is 0 Å². The molecule has 0 atom stereocenters. The van der Waals surface area contributed by atoms with Gasteiger partial charge in [-0.1, -0.05) is 32.0 Å². The van der Waals surface area contributed by atoms with E-state index in [1.165, 1.54) is 16.8 Å². The molecule has 1 aromatic rings. The van der Waals surface area contributed by atoms with Crippen molar-refractivity contribution in [3.63, 3.8) is 0 Å². The minimum absolute atomic E-state index is 0.0775. The van der Waals surface area contributed by atoms with Crippen LogP contribution in [0, 0.1) is 16.7 Å². The lowest BCUT2D eigenvalue weighted by atomic mass is 10.0. The van der Waals surface area contributed by atoms with Gasteiger partial charge in [0.1, 0.15) is 0 Å². The van der Waals surface area contributed by atoms with Gasteiger partial charge in [-0.05, 0) is 36.8 Å². The number of aryl methyl sites for hydroxylation is 2. The molecular formula is C15H20N2. The van der Waals surface area contributed by atoms with Crippen LogP contribution < -0.4 is 5.32 Å². The van der Waals surface area contributed by atoms with Gasteiger partial charge in [0.15, 0.2) is 0 Å². The fraction of sp³-hybridized carbons (Fsp3) is 0.533. The molecule has 1 aliphatic carbocycles. The van der Waals surface area contributed by atoms with E-state index in [-0.39, 0.29) is 5.41 Å². The predicted octanol–water partition coefficient (Wildman–Crippen LogP) is 3.53. The number of hydrogen-bond acceptors (Lipinski definition) is 2. The average molecular weight is 228 g/mol. The molecule has 0 spiro atoms. The van der Waals surface area contributed by atoms with Crippen molar-refractivity contribution in [2.24, 2.45) is 5.41 Å². The molecule has 0 aromatic heterocycles. The molecular weight excluding hydrogens is 208 g/mol. The first kappa shape index (κ1) is 12.0. The lowest BCUT2D eigenvalue weighted by Crippen LogP contribution is -2.15. The van der Waals surface area contributed by atoms with Gasteiger partial charge in [-0.25, -0.2) is 0 Å². The van der Waals surface area contributed by atoms with Crippen LogP contribution in [0.25, 0.3) is 0 Å².